The van der Waals surface area contributed by atoms with Gasteiger partial charge in [0, 0.05) is 18.5 Å². The van der Waals surface area contributed by atoms with Crippen molar-refractivity contribution in [2.45, 2.75) is 36.5 Å². The van der Waals surface area contributed by atoms with Gasteiger partial charge >= 0.3 is 0 Å². The van der Waals surface area contributed by atoms with Gasteiger partial charge in [-0.25, -0.2) is 8.42 Å². The normalized spacial score (nSPS) is 17.5. The van der Waals surface area contributed by atoms with Crippen molar-refractivity contribution >= 4 is 10.0 Å². The van der Waals surface area contributed by atoms with Crippen LogP contribution in [0.15, 0.2) is 59.5 Å². The summed E-state index contributed by atoms with van der Waals surface area (Å²) in [6, 6.07) is 17.2. The van der Waals surface area contributed by atoms with E-state index >= 15 is 0 Å². The minimum atomic E-state index is -3.50. The number of hydrogen-bond acceptors (Lipinski definition) is 5. The van der Waals surface area contributed by atoms with Crippen molar-refractivity contribution in [3.63, 3.8) is 0 Å². The summed E-state index contributed by atoms with van der Waals surface area (Å²) in [4.78, 5) is 0.341. The molecule has 8 heteroatoms. The molecule has 7 nitrogen and oxygen atoms in total. The standard InChI is InChI=1S/C20H23N5O2S/c1-16-7-9-18(10-8-16)28(26,27)25-13-11-20(12-14-25,19-21-23-24-22-19)15-17-5-3-2-4-6-17/h2-10H,11-15H2,1H3,(H,21,22,23,24). The molecule has 2 heterocycles. The van der Waals surface area contributed by atoms with Crippen molar-refractivity contribution in [1.82, 2.24) is 24.9 Å². The maximum Gasteiger partial charge on any atom is 0.243 e. The quantitative estimate of drug-likeness (QED) is 0.714. The fraction of sp³-hybridized carbons (Fsp3) is 0.350. The van der Waals surface area contributed by atoms with Crippen LogP contribution in [-0.2, 0) is 21.9 Å². The first-order valence-corrected chi connectivity index (χ1v) is 10.8. The van der Waals surface area contributed by atoms with Gasteiger partial charge in [0.15, 0.2) is 5.82 Å². The molecule has 3 aromatic rings. The Hall–Kier alpha value is -2.58. The van der Waals surface area contributed by atoms with Crippen LogP contribution in [0.5, 0.6) is 0 Å². The van der Waals surface area contributed by atoms with Crippen molar-refractivity contribution in [2.75, 3.05) is 13.1 Å². The van der Waals surface area contributed by atoms with E-state index in [0.717, 1.165) is 12.0 Å². The van der Waals surface area contributed by atoms with E-state index in [9.17, 15) is 8.42 Å². The lowest BCUT2D eigenvalue weighted by Crippen LogP contribution is -2.46. The van der Waals surface area contributed by atoms with Gasteiger partial charge in [-0.1, -0.05) is 53.2 Å². The van der Waals surface area contributed by atoms with Crippen LogP contribution in [-0.4, -0.2) is 46.4 Å². The van der Waals surface area contributed by atoms with Gasteiger partial charge in [-0.05, 0) is 43.9 Å². The smallest absolute Gasteiger partial charge is 0.207 e. The molecular formula is C20H23N5O2S. The Labute approximate surface area is 164 Å². The number of benzene rings is 2. The highest BCUT2D eigenvalue weighted by Crippen LogP contribution is 2.38. The number of hydrogen-bond donors (Lipinski definition) is 1. The Bertz CT molecular complexity index is 1010. The summed E-state index contributed by atoms with van der Waals surface area (Å²) in [5, 5.41) is 14.8. The van der Waals surface area contributed by atoms with Gasteiger partial charge in [0.05, 0.1) is 4.90 Å². The average Bonchev–Trinajstić information content (AvgIpc) is 3.25. The number of H-pyrrole nitrogens is 1. The summed E-state index contributed by atoms with van der Waals surface area (Å²) in [6.45, 7) is 2.80. The molecule has 28 heavy (non-hydrogen) atoms. The van der Waals surface area contributed by atoms with Crippen molar-refractivity contribution in [1.29, 1.82) is 0 Å². The third kappa shape index (κ3) is 3.57. The summed E-state index contributed by atoms with van der Waals surface area (Å²) in [5.41, 5.74) is 1.90. The van der Waals surface area contributed by atoms with E-state index in [4.69, 9.17) is 0 Å². The number of rotatable bonds is 5. The number of aromatic nitrogens is 4. The van der Waals surface area contributed by atoms with E-state index in [1.54, 1.807) is 16.4 Å². The molecule has 0 spiro atoms. The van der Waals surface area contributed by atoms with Crippen LogP contribution in [0.3, 0.4) is 0 Å². The molecule has 1 aliphatic heterocycles. The lowest BCUT2D eigenvalue weighted by Gasteiger charge is -2.39. The first-order valence-electron chi connectivity index (χ1n) is 9.34. The summed E-state index contributed by atoms with van der Waals surface area (Å²) in [6.07, 6.45) is 2.05. The Kier molecular flexibility index (Phi) is 4.99. The number of tetrazole rings is 1. The van der Waals surface area contributed by atoms with Gasteiger partial charge in [-0.15, -0.1) is 10.2 Å². The van der Waals surface area contributed by atoms with Crippen LogP contribution in [0.1, 0.15) is 29.8 Å². The first kappa shape index (κ1) is 18.8. The molecule has 2 aromatic carbocycles. The predicted molar refractivity (Wildman–Crippen MR) is 105 cm³/mol. The molecule has 4 rings (SSSR count). The monoisotopic (exact) mass is 397 g/mol. The van der Waals surface area contributed by atoms with Crippen molar-refractivity contribution in [2.24, 2.45) is 0 Å². The van der Waals surface area contributed by atoms with Crippen LogP contribution in [0.25, 0.3) is 0 Å². The SMILES string of the molecule is Cc1ccc(S(=O)(=O)N2CCC(Cc3ccccc3)(c3nn[nH]n3)CC2)cc1. The van der Waals surface area contributed by atoms with E-state index in [2.05, 4.69) is 32.8 Å². The zero-order valence-corrected chi connectivity index (χ0v) is 16.6. The van der Waals surface area contributed by atoms with Crippen molar-refractivity contribution in [3.05, 3.63) is 71.5 Å². The molecule has 1 N–H and O–H groups in total. The number of aromatic amines is 1. The largest absolute Gasteiger partial charge is 0.243 e. The van der Waals surface area contributed by atoms with Crippen molar-refractivity contribution in [3.8, 4) is 0 Å². The van der Waals surface area contributed by atoms with Gasteiger partial charge in [-0.2, -0.15) is 9.52 Å². The fourth-order valence-corrected chi connectivity index (χ4v) is 5.31. The third-order valence-corrected chi connectivity index (χ3v) is 7.46. The van der Waals surface area contributed by atoms with Gasteiger partial charge < -0.3 is 0 Å². The second-order valence-electron chi connectivity index (χ2n) is 7.40. The minimum absolute atomic E-state index is 0.326. The lowest BCUT2D eigenvalue weighted by molar-refractivity contribution is 0.221. The van der Waals surface area contributed by atoms with Crippen LogP contribution in [0.4, 0.5) is 0 Å². The van der Waals surface area contributed by atoms with Crippen molar-refractivity contribution < 1.29 is 8.42 Å². The van der Waals surface area contributed by atoms with Gasteiger partial charge in [-0.3, -0.25) is 0 Å². The van der Waals surface area contributed by atoms with E-state index in [0.29, 0.717) is 36.7 Å². The molecule has 146 valence electrons. The highest BCUT2D eigenvalue weighted by Gasteiger charge is 2.42. The molecule has 0 atom stereocenters. The Morgan fingerprint density at radius 1 is 1.04 bits per heavy atom. The van der Waals surface area contributed by atoms with E-state index in [1.807, 2.05) is 37.3 Å². The molecule has 1 saturated heterocycles. The molecule has 1 fully saturated rings. The maximum atomic E-state index is 13.0. The average molecular weight is 398 g/mol. The molecule has 0 radical (unpaired) electrons. The molecule has 1 aliphatic rings. The van der Waals surface area contributed by atoms with E-state index in [-0.39, 0.29) is 5.41 Å². The number of nitrogens with zero attached hydrogens (tertiary/aromatic N) is 4. The second kappa shape index (κ2) is 7.44. The molecule has 0 unspecified atom stereocenters. The van der Waals surface area contributed by atoms with Crippen LogP contribution in [0, 0.1) is 6.92 Å². The number of sulfonamides is 1. The van der Waals surface area contributed by atoms with Gasteiger partial charge in [0.2, 0.25) is 10.0 Å². The molecule has 0 bridgehead atoms. The summed E-state index contributed by atoms with van der Waals surface area (Å²) >= 11 is 0. The molecule has 0 aliphatic carbocycles. The molecule has 1 aromatic heterocycles. The topological polar surface area (TPSA) is 91.8 Å². The van der Waals surface area contributed by atoms with Crippen LogP contribution in [0.2, 0.25) is 0 Å². The van der Waals surface area contributed by atoms with Crippen LogP contribution >= 0.6 is 0 Å². The molecular weight excluding hydrogens is 374 g/mol. The Morgan fingerprint density at radius 2 is 1.71 bits per heavy atom. The predicted octanol–water partition coefficient (Wildman–Crippen LogP) is 2.47. The van der Waals surface area contributed by atoms with E-state index < -0.39 is 10.0 Å². The second-order valence-corrected chi connectivity index (χ2v) is 9.33. The Balaban J connectivity index is 1.58. The first-order chi connectivity index (χ1) is 13.5. The summed E-state index contributed by atoms with van der Waals surface area (Å²) in [5.74, 6) is 0.656. The lowest BCUT2D eigenvalue weighted by atomic mass is 9.73. The zero-order valence-electron chi connectivity index (χ0n) is 15.7. The van der Waals surface area contributed by atoms with E-state index in [1.165, 1.54) is 5.56 Å². The highest BCUT2D eigenvalue weighted by molar-refractivity contribution is 7.89. The third-order valence-electron chi connectivity index (χ3n) is 5.54. The zero-order chi connectivity index (χ0) is 19.6. The fourth-order valence-electron chi connectivity index (χ4n) is 3.87. The van der Waals surface area contributed by atoms with Gasteiger partial charge in [0.1, 0.15) is 0 Å². The Morgan fingerprint density at radius 3 is 2.32 bits per heavy atom. The molecule has 0 amide bonds. The number of nitrogens with one attached hydrogen (secondary N) is 1. The highest BCUT2D eigenvalue weighted by atomic mass is 32.2. The number of piperidine rings is 1. The van der Waals surface area contributed by atoms with Crippen LogP contribution < -0.4 is 0 Å². The summed E-state index contributed by atoms with van der Waals surface area (Å²) < 4.78 is 27.6. The molecule has 0 saturated carbocycles. The minimum Gasteiger partial charge on any atom is -0.207 e. The maximum absolute atomic E-state index is 13.0. The summed E-state index contributed by atoms with van der Waals surface area (Å²) in [7, 11) is -3.50. The number of aryl methyl sites for hydroxylation is 1. The van der Waals surface area contributed by atoms with Gasteiger partial charge in [0.25, 0.3) is 0 Å².